The third-order valence-corrected chi connectivity index (χ3v) is 6.37. The van der Waals surface area contributed by atoms with E-state index in [4.69, 9.17) is 0 Å². The molecule has 0 aliphatic heterocycles. The number of rotatable bonds is 6. The monoisotopic (exact) mass is 235 g/mol. The average Bonchev–Trinajstić information content (AvgIpc) is 2.80. The van der Waals surface area contributed by atoms with E-state index in [1.54, 1.807) is 19.3 Å². The summed E-state index contributed by atoms with van der Waals surface area (Å²) in [6.45, 7) is 4.72. The summed E-state index contributed by atoms with van der Waals surface area (Å²) in [5, 5.41) is 3.66. The van der Waals surface area contributed by atoms with Gasteiger partial charge in [0.05, 0.1) is 0 Å². The highest BCUT2D eigenvalue weighted by molar-refractivity contribution is 5.15. The van der Waals surface area contributed by atoms with Crippen LogP contribution < -0.4 is 5.32 Å². The summed E-state index contributed by atoms with van der Waals surface area (Å²) in [5.74, 6) is 6.56. The van der Waals surface area contributed by atoms with Crippen LogP contribution in [0.15, 0.2) is 0 Å². The van der Waals surface area contributed by atoms with E-state index in [1.165, 1.54) is 19.3 Å². The molecular formula is C16H29N. The van der Waals surface area contributed by atoms with Crippen molar-refractivity contribution < 1.29 is 0 Å². The molecule has 3 saturated carbocycles. The molecule has 0 spiro atoms. The van der Waals surface area contributed by atoms with E-state index in [9.17, 15) is 0 Å². The highest BCUT2D eigenvalue weighted by atomic mass is 14.9. The lowest BCUT2D eigenvalue weighted by molar-refractivity contribution is 0.309. The molecule has 3 fully saturated rings. The normalized spacial score (nSPS) is 44.1. The van der Waals surface area contributed by atoms with Crippen LogP contribution in [-0.4, -0.2) is 13.1 Å². The molecule has 0 amide bonds. The molecule has 1 heteroatoms. The molecule has 1 nitrogen and oxygen atoms in total. The van der Waals surface area contributed by atoms with Crippen molar-refractivity contribution in [3.05, 3.63) is 0 Å². The highest BCUT2D eigenvalue weighted by Crippen LogP contribution is 2.70. The first-order valence-corrected chi connectivity index (χ1v) is 7.97. The van der Waals surface area contributed by atoms with Crippen LogP contribution >= 0.6 is 0 Å². The van der Waals surface area contributed by atoms with Gasteiger partial charge in [0, 0.05) is 6.04 Å². The Morgan fingerprint density at radius 2 is 1.65 bits per heavy atom. The number of nitrogens with one attached hydrogen (secondary N) is 1. The van der Waals surface area contributed by atoms with Gasteiger partial charge in [0.25, 0.3) is 0 Å². The zero-order chi connectivity index (χ0) is 12.0. The maximum Gasteiger partial charge on any atom is 0.0101 e. The summed E-state index contributed by atoms with van der Waals surface area (Å²) in [5.41, 5.74) is 0. The first kappa shape index (κ1) is 12.0. The summed E-state index contributed by atoms with van der Waals surface area (Å²) in [7, 11) is 2.20. The van der Waals surface area contributed by atoms with Gasteiger partial charge in [-0.25, -0.2) is 0 Å². The lowest BCUT2D eigenvalue weighted by atomic mass is 9.88. The second-order valence-corrected chi connectivity index (χ2v) is 6.88. The fourth-order valence-electron chi connectivity index (χ4n) is 5.38. The van der Waals surface area contributed by atoms with Crippen LogP contribution in [0.5, 0.6) is 0 Å². The Labute approximate surface area is 107 Å². The minimum absolute atomic E-state index is 0.832. The fraction of sp³-hybridized carbons (Fsp3) is 1.00. The molecule has 0 radical (unpaired) electrons. The third kappa shape index (κ3) is 1.85. The van der Waals surface area contributed by atoms with E-state index in [0.717, 1.165) is 41.5 Å². The van der Waals surface area contributed by atoms with Crippen molar-refractivity contribution >= 4 is 0 Å². The van der Waals surface area contributed by atoms with Gasteiger partial charge in [0.2, 0.25) is 0 Å². The topological polar surface area (TPSA) is 12.0 Å². The molecule has 0 saturated heterocycles. The Bertz CT molecular complexity index is 255. The highest BCUT2D eigenvalue weighted by Gasteiger charge is 2.66. The van der Waals surface area contributed by atoms with Crippen LogP contribution in [0, 0.1) is 35.5 Å². The first-order valence-electron chi connectivity index (χ1n) is 7.97. The molecule has 3 aliphatic rings. The predicted octanol–water partition coefficient (Wildman–Crippen LogP) is 3.69. The number of fused-ring (bicyclic) bond motifs is 5. The van der Waals surface area contributed by atoms with E-state index in [0.29, 0.717) is 0 Å². The van der Waals surface area contributed by atoms with Crippen molar-refractivity contribution in [1.82, 2.24) is 5.32 Å². The van der Waals surface area contributed by atoms with Gasteiger partial charge >= 0.3 is 0 Å². The van der Waals surface area contributed by atoms with Crippen LogP contribution in [-0.2, 0) is 0 Å². The molecule has 17 heavy (non-hydrogen) atoms. The molecule has 0 heterocycles. The van der Waals surface area contributed by atoms with Gasteiger partial charge in [-0.1, -0.05) is 26.7 Å². The number of hydrogen-bond acceptors (Lipinski definition) is 1. The molecule has 0 aromatic rings. The largest absolute Gasteiger partial charge is 0.317 e. The quantitative estimate of drug-likeness (QED) is 0.740. The third-order valence-electron chi connectivity index (χ3n) is 6.37. The van der Waals surface area contributed by atoms with Crippen molar-refractivity contribution in [3.63, 3.8) is 0 Å². The zero-order valence-corrected chi connectivity index (χ0v) is 11.8. The first-order chi connectivity index (χ1) is 8.30. The second kappa shape index (κ2) is 4.57. The van der Waals surface area contributed by atoms with E-state index in [1.807, 2.05) is 0 Å². The molecule has 0 aromatic heterocycles. The Morgan fingerprint density at radius 3 is 2.12 bits per heavy atom. The van der Waals surface area contributed by atoms with Gasteiger partial charge in [0.15, 0.2) is 0 Å². The summed E-state index contributed by atoms with van der Waals surface area (Å²) in [4.78, 5) is 0. The predicted molar refractivity (Wildman–Crippen MR) is 72.8 cm³/mol. The lowest BCUT2D eigenvalue weighted by Gasteiger charge is -2.24. The molecule has 1 N–H and O–H groups in total. The standard InChI is InChI=1S/C16H29N/c1-4-10(5-2)8-13(17-3)16-14-11-6-7-12(9-11)15(14)16/h10-17H,4-9H2,1-3H3. The Morgan fingerprint density at radius 1 is 1.06 bits per heavy atom. The van der Waals surface area contributed by atoms with Gasteiger partial charge < -0.3 is 5.32 Å². The van der Waals surface area contributed by atoms with E-state index < -0.39 is 0 Å². The summed E-state index contributed by atoms with van der Waals surface area (Å²) in [6, 6.07) is 0.832. The van der Waals surface area contributed by atoms with Gasteiger partial charge in [-0.05, 0) is 68.2 Å². The molecule has 3 aliphatic carbocycles. The van der Waals surface area contributed by atoms with E-state index in [2.05, 4.69) is 26.2 Å². The minimum Gasteiger partial charge on any atom is -0.317 e. The van der Waals surface area contributed by atoms with Crippen molar-refractivity contribution in [3.8, 4) is 0 Å². The Hall–Kier alpha value is -0.0400. The molecule has 0 aromatic carbocycles. The second-order valence-electron chi connectivity index (χ2n) is 6.88. The van der Waals surface area contributed by atoms with Crippen molar-refractivity contribution in [2.24, 2.45) is 35.5 Å². The zero-order valence-electron chi connectivity index (χ0n) is 11.8. The molecule has 5 atom stereocenters. The lowest BCUT2D eigenvalue weighted by Crippen LogP contribution is -2.32. The SMILES string of the molecule is CCC(CC)CC(NC)C1C2C3CCC(C3)C21. The van der Waals surface area contributed by atoms with Gasteiger partial charge in [-0.2, -0.15) is 0 Å². The van der Waals surface area contributed by atoms with Gasteiger partial charge in [-0.15, -0.1) is 0 Å². The molecular weight excluding hydrogens is 206 g/mol. The molecule has 3 rings (SSSR count). The van der Waals surface area contributed by atoms with Crippen LogP contribution in [0.3, 0.4) is 0 Å². The van der Waals surface area contributed by atoms with Crippen LogP contribution in [0.1, 0.15) is 52.4 Å². The van der Waals surface area contributed by atoms with Crippen LogP contribution in [0.2, 0.25) is 0 Å². The van der Waals surface area contributed by atoms with Gasteiger partial charge in [-0.3, -0.25) is 0 Å². The van der Waals surface area contributed by atoms with Gasteiger partial charge in [0.1, 0.15) is 0 Å². The summed E-state index contributed by atoms with van der Waals surface area (Å²) >= 11 is 0. The molecule has 5 unspecified atom stereocenters. The molecule has 2 bridgehead atoms. The van der Waals surface area contributed by atoms with Crippen molar-refractivity contribution in [2.45, 2.75) is 58.4 Å². The van der Waals surface area contributed by atoms with E-state index >= 15 is 0 Å². The van der Waals surface area contributed by atoms with Crippen LogP contribution in [0.25, 0.3) is 0 Å². The minimum atomic E-state index is 0.832. The fourth-order valence-corrected chi connectivity index (χ4v) is 5.38. The maximum absolute atomic E-state index is 3.66. The molecule has 98 valence electrons. The number of hydrogen-bond donors (Lipinski definition) is 1. The summed E-state index contributed by atoms with van der Waals surface area (Å²) < 4.78 is 0. The Kier molecular flexibility index (Phi) is 3.23. The van der Waals surface area contributed by atoms with Crippen molar-refractivity contribution in [1.29, 1.82) is 0 Å². The van der Waals surface area contributed by atoms with Crippen molar-refractivity contribution in [2.75, 3.05) is 7.05 Å². The average molecular weight is 235 g/mol. The van der Waals surface area contributed by atoms with E-state index in [-0.39, 0.29) is 0 Å². The maximum atomic E-state index is 3.66. The van der Waals surface area contributed by atoms with Crippen LogP contribution in [0.4, 0.5) is 0 Å². The smallest absolute Gasteiger partial charge is 0.0101 e. The Balaban J connectivity index is 1.60. The summed E-state index contributed by atoms with van der Waals surface area (Å²) in [6.07, 6.45) is 8.87.